The number of allylic oxidation sites excluding steroid dienone is 2. The van der Waals surface area contributed by atoms with Gasteiger partial charge in [0.25, 0.3) is 0 Å². The van der Waals surface area contributed by atoms with Gasteiger partial charge in [-0.1, -0.05) is 29.4 Å². The van der Waals surface area contributed by atoms with Crippen LogP contribution in [0.2, 0.25) is 0 Å². The zero-order chi connectivity index (χ0) is 21.7. The summed E-state index contributed by atoms with van der Waals surface area (Å²) < 4.78 is 10.7. The molecule has 3 aromatic rings. The Kier molecular flexibility index (Phi) is 4.46. The second-order valence-electron chi connectivity index (χ2n) is 7.98. The largest absolute Gasteiger partial charge is 0.508 e. The number of phenolic OH excluding ortho intramolecular Hbond substituents is 2. The van der Waals surface area contributed by atoms with Gasteiger partial charge in [-0.3, -0.25) is 4.79 Å². The lowest BCUT2D eigenvalue weighted by atomic mass is 9.72. The fourth-order valence-electron chi connectivity index (χ4n) is 4.75. The van der Waals surface area contributed by atoms with E-state index in [2.05, 4.69) is 10.5 Å². The summed E-state index contributed by atoms with van der Waals surface area (Å²) in [6.07, 6.45) is 0.840. The number of carbonyl (C=O) groups is 1. The number of aromatic hydroxyl groups is 2. The van der Waals surface area contributed by atoms with E-state index in [0.717, 1.165) is 22.4 Å². The van der Waals surface area contributed by atoms with Crippen molar-refractivity contribution in [2.45, 2.75) is 31.6 Å². The van der Waals surface area contributed by atoms with Gasteiger partial charge in [-0.25, -0.2) is 0 Å². The molecule has 1 aliphatic heterocycles. The lowest BCUT2D eigenvalue weighted by Gasteiger charge is -2.34. The third-order valence-electron chi connectivity index (χ3n) is 6.17. The first-order chi connectivity index (χ1) is 15.0. The van der Waals surface area contributed by atoms with E-state index >= 15 is 0 Å². The molecule has 0 saturated heterocycles. The lowest BCUT2D eigenvalue weighted by molar-refractivity contribution is -0.116. The monoisotopic (exact) mass is 418 g/mol. The highest BCUT2D eigenvalue weighted by molar-refractivity contribution is 6.01. The molecule has 3 N–H and O–H groups in total. The molecule has 2 aromatic carbocycles. The molecule has 7 heteroatoms. The molecule has 31 heavy (non-hydrogen) atoms. The molecule has 0 bridgehead atoms. The fraction of sp³-hybridized carbons (Fsp3) is 0.250. The van der Waals surface area contributed by atoms with Crippen molar-refractivity contribution in [2.24, 2.45) is 0 Å². The highest BCUT2D eigenvalue weighted by Crippen LogP contribution is 2.50. The van der Waals surface area contributed by atoms with Crippen LogP contribution < -0.4 is 10.1 Å². The Morgan fingerprint density at radius 3 is 2.68 bits per heavy atom. The van der Waals surface area contributed by atoms with Crippen molar-refractivity contribution in [3.8, 4) is 17.2 Å². The third-order valence-corrected chi connectivity index (χ3v) is 6.17. The lowest BCUT2D eigenvalue weighted by Crippen LogP contribution is -2.29. The number of aryl methyl sites for hydroxylation is 1. The molecular formula is C24H22N2O5. The van der Waals surface area contributed by atoms with E-state index in [0.29, 0.717) is 29.3 Å². The van der Waals surface area contributed by atoms with Crippen LogP contribution in [0.1, 0.15) is 47.1 Å². The quantitative estimate of drug-likeness (QED) is 0.580. The molecule has 1 aromatic heterocycles. The Balaban J connectivity index is 1.63. The highest BCUT2D eigenvalue weighted by atomic mass is 16.5. The van der Waals surface area contributed by atoms with Crippen molar-refractivity contribution in [2.75, 3.05) is 12.4 Å². The number of Topliss-reactive ketones (excluding diaryl/α,β-unsaturated/α-hetero) is 1. The number of carbonyl (C=O) groups excluding carboxylic acids is 1. The second kappa shape index (κ2) is 7.19. The number of benzene rings is 2. The van der Waals surface area contributed by atoms with Crippen molar-refractivity contribution < 1.29 is 24.3 Å². The molecule has 5 rings (SSSR count). The van der Waals surface area contributed by atoms with Crippen LogP contribution in [0.15, 0.2) is 58.3 Å². The number of anilines is 1. The molecule has 7 nitrogen and oxygen atoms in total. The molecule has 158 valence electrons. The van der Waals surface area contributed by atoms with Gasteiger partial charge in [0.05, 0.1) is 18.4 Å². The SMILES string of the molecule is COc1ccc(C2C3=C(CC(c4ccccc4O)CC3=O)Nc3onc(C)c32)cc1O. The number of aromatic nitrogens is 1. The van der Waals surface area contributed by atoms with Crippen LogP contribution in [0.5, 0.6) is 17.2 Å². The summed E-state index contributed by atoms with van der Waals surface area (Å²) in [5.41, 5.74) is 4.39. The van der Waals surface area contributed by atoms with E-state index in [1.807, 2.05) is 25.1 Å². The van der Waals surface area contributed by atoms with E-state index in [-0.39, 0.29) is 29.6 Å². The number of nitrogens with zero attached hydrogens (tertiary/aromatic N) is 1. The summed E-state index contributed by atoms with van der Waals surface area (Å²) in [6, 6.07) is 12.3. The maximum Gasteiger partial charge on any atom is 0.233 e. The summed E-state index contributed by atoms with van der Waals surface area (Å²) in [5, 5.41) is 28.0. The van der Waals surface area contributed by atoms with E-state index in [4.69, 9.17) is 9.26 Å². The zero-order valence-electron chi connectivity index (χ0n) is 17.2. The Morgan fingerprint density at radius 1 is 1.13 bits per heavy atom. The van der Waals surface area contributed by atoms with E-state index < -0.39 is 5.92 Å². The standard InChI is InChI=1S/C24H22N2O5/c1-12-21-22(13-7-8-20(30-2)18(28)10-13)23-16(25-24(21)31-26-12)9-14(11-19(23)29)15-5-3-4-6-17(15)27/h3-8,10,14,22,25,27-28H,9,11H2,1-2H3. The van der Waals surface area contributed by atoms with Crippen LogP contribution in [0.4, 0.5) is 5.88 Å². The Labute approximate surface area is 179 Å². The molecule has 2 heterocycles. The van der Waals surface area contributed by atoms with Crippen LogP contribution in [0, 0.1) is 6.92 Å². The van der Waals surface area contributed by atoms with Gasteiger partial charge in [0.15, 0.2) is 17.3 Å². The highest BCUT2D eigenvalue weighted by Gasteiger charge is 2.41. The minimum atomic E-state index is -0.410. The molecule has 0 saturated carbocycles. The number of hydrogen-bond acceptors (Lipinski definition) is 7. The zero-order valence-corrected chi connectivity index (χ0v) is 17.2. The minimum absolute atomic E-state index is 0.00596. The van der Waals surface area contributed by atoms with Crippen molar-refractivity contribution in [3.05, 3.63) is 76.1 Å². The fourth-order valence-corrected chi connectivity index (χ4v) is 4.75. The van der Waals surface area contributed by atoms with Gasteiger partial charge in [0.1, 0.15) is 5.75 Å². The Bertz CT molecular complexity index is 1230. The number of hydrogen-bond donors (Lipinski definition) is 3. The van der Waals surface area contributed by atoms with Gasteiger partial charge in [-0.15, -0.1) is 0 Å². The number of ether oxygens (including phenoxy) is 1. The van der Waals surface area contributed by atoms with E-state index in [1.54, 1.807) is 24.3 Å². The first-order valence-electron chi connectivity index (χ1n) is 10.1. The average molecular weight is 418 g/mol. The van der Waals surface area contributed by atoms with Crippen LogP contribution in [0.3, 0.4) is 0 Å². The van der Waals surface area contributed by atoms with Crippen LogP contribution in [-0.2, 0) is 4.79 Å². The van der Waals surface area contributed by atoms with Gasteiger partial charge < -0.3 is 24.8 Å². The van der Waals surface area contributed by atoms with Crippen LogP contribution >= 0.6 is 0 Å². The topological polar surface area (TPSA) is 105 Å². The predicted octanol–water partition coefficient (Wildman–Crippen LogP) is 4.36. The summed E-state index contributed by atoms with van der Waals surface area (Å²) in [5.74, 6) is 0.502. The van der Waals surface area contributed by atoms with Crippen LogP contribution in [-0.4, -0.2) is 28.3 Å². The molecule has 0 spiro atoms. The minimum Gasteiger partial charge on any atom is -0.508 e. The summed E-state index contributed by atoms with van der Waals surface area (Å²) in [7, 11) is 1.49. The number of rotatable bonds is 3. The molecule has 2 unspecified atom stereocenters. The molecule has 0 amide bonds. The third kappa shape index (κ3) is 3.04. The van der Waals surface area contributed by atoms with Gasteiger partial charge in [0.2, 0.25) is 5.88 Å². The smallest absolute Gasteiger partial charge is 0.233 e. The normalized spacial score (nSPS) is 20.1. The number of methoxy groups -OCH3 is 1. The van der Waals surface area contributed by atoms with Crippen molar-refractivity contribution >= 4 is 11.7 Å². The van der Waals surface area contributed by atoms with Crippen molar-refractivity contribution in [1.29, 1.82) is 0 Å². The van der Waals surface area contributed by atoms with Crippen molar-refractivity contribution in [1.82, 2.24) is 5.16 Å². The van der Waals surface area contributed by atoms with Gasteiger partial charge in [-0.2, -0.15) is 0 Å². The second-order valence-corrected chi connectivity index (χ2v) is 7.98. The summed E-state index contributed by atoms with van der Waals surface area (Å²) in [4.78, 5) is 13.4. The maximum absolute atomic E-state index is 13.4. The van der Waals surface area contributed by atoms with Gasteiger partial charge >= 0.3 is 0 Å². The molecule has 1 aliphatic carbocycles. The first kappa shape index (κ1) is 19.2. The van der Waals surface area contributed by atoms with Crippen LogP contribution in [0.25, 0.3) is 0 Å². The number of nitrogens with one attached hydrogen (secondary N) is 1. The molecule has 2 aliphatic rings. The number of fused-ring (bicyclic) bond motifs is 1. The molecule has 0 fully saturated rings. The summed E-state index contributed by atoms with van der Waals surface area (Å²) >= 11 is 0. The molecule has 2 atom stereocenters. The number of ketones is 1. The van der Waals surface area contributed by atoms with E-state index in [9.17, 15) is 15.0 Å². The predicted molar refractivity (Wildman–Crippen MR) is 113 cm³/mol. The van der Waals surface area contributed by atoms with Gasteiger partial charge in [-0.05, 0) is 42.7 Å². The number of phenols is 2. The maximum atomic E-state index is 13.4. The molecule has 0 radical (unpaired) electrons. The van der Waals surface area contributed by atoms with Crippen molar-refractivity contribution in [3.63, 3.8) is 0 Å². The van der Waals surface area contributed by atoms with Gasteiger partial charge in [0, 0.05) is 29.5 Å². The Hall–Kier alpha value is -3.74. The average Bonchev–Trinajstić information content (AvgIpc) is 3.12. The Morgan fingerprint density at radius 2 is 1.94 bits per heavy atom. The first-order valence-corrected chi connectivity index (χ1v) is 10.1. The van der Waals surface area contributed by atoms with E-state index in [1.165, 1.54) is 7.11 Å². The summed E-state index contributed by atoms with van der Waals surface area (Å²) in [6.45, 7) is 1.84. The number of para-hydroxylation sites is 1. The molecular weight excluding hydrogens is 396 g/mol.